The van der Waals surface area contributed by atoms with Crippen molar-refractivity contribution in [1.29, 1.82) is 0 Å². The summed E-state index contributed by atoms with van der Waals surface area (Å²) in [6, 6.07) is 0.553. The van der Waals surface area contributed by atoms with Gasteiger partial charge in [0.2, 0.25) is 0 Å². The van der Waals surface area contributed by atoms with Gasteiger partial charge in [0.15, 0.2) is 0 Å². The zero-order valence-corrected chi connectivity index (χ0v) is 6.54. The second-order valence-electron chi connectivity index (χ2n) is 2.28. The molecule has 0 saturated carbocycles. The van der Waals surface area contributed by atoms with Crippen molar-refractivity contribution in [2.24, 2.45) is 0 Å². The van der Waals surface area contributed by atoms with E-state index < -0.39 is 0 Å². The van der Waals surface area contributed by atoms with E-state index in [-0.39, 0.29) is 12.4 Å². The van der Waals surface area contributed by atoms with Crippen LogP contribution in [0.2, 0.25) is 0 Å². The van der Waals surface area contributed by atoms with Crippen molar-refractivity contribution in [3.05, 3.63) is 0 Å². The van der Waals surface area contributed by atoms with Crippen LogP contribution in [0.5, 0.6) is 0 Å². The molecule has 1 heterocycles. The molecule has 9 heavy (non-hydrogen) atoms. The van der Waals surface area contributed by atoms with Gasteiger partial charge in [0.25, 0.3) is 0 Å². The largest absolute Gasteiger partial charge is 0.380 e. The summed E-state index contributed by atoms with van der Waals surface area (Å²) in [5, 5.41) is 3.32. The third kappa shape index (κ3) is 3.73. The summed E-state index contributed by atoms with van der Waals surface area (Å²) in [5.41, 5.74) is 0. The molecule has 2 nitrogen and oxygen atoms in total. The zero-order chi connectivity index (χ0) is 5.82. The fraction of sp³-hybridized carbons (Fsp3) is 1.00. The highest BCUT2D eigenvalue weighted by atomic mass is 35.5. The van der Waals surface area contributed by atoms with Crippen LogP contribution in [0.25, 0.3) is 0 Å². The highest BCUT2D eigenvalue weighted by molar-refractivity contribution is 5.85. The van der Waals surface area contributed by atoms with Crippen LogP contribution < -0.4 is 5.32 Å². The van der Waals surface area contributed by atoms with Gasteiger partial charge in [-0.15, -0.1) is 12.4 Å². The van der Waals surface area contributed by atoms with Gasteiger partial charge in [0.1, 0.15) is 0 Å². The van der Waals surface area contributed by atoms with Crippen molar-refractivity contribution in [3.63, 3.8) is 0 Å². The van der Waals surface area contributed by atoms with Gasteiger partial charge >= 0.3 is 0 Å². The molecule has 0 aliphatic carbocycles. The molecule has 0 bridgehead atoms. The van der Waals surface area contributed by atoms with Crippen molar-refractivity contribution < 1.29 is 4.74 Å². The molecule has 3 heteroatoms. The van der Waals surface area contributed by atoms with Crippen LogP contribution in [0.15, 0.2) is 0 Å². The molecule has 1 N–H and O–H groups in total. The van der Waals surface area contributed by atoms with Gasteiger partial charge in [-0.1, -0.05) is 0 Å². The number of nitrogens with one attached hydrogen (secondary N) is 1. The van der Waals surface area contributed by atoms with Crippen LogP contribution in [0.3, 0.4) is 0 Å². The van der Waals surface area contributed by atoms with E-state index in [0.717, 1.165) is 26.2 Å². The molecule has 1 saturated heterocycles. The van der Waals surface area contributed by atoms with Gasteiger partial charge < -0.3 is 10.1 Å². The maximum Gasteiger partial charge on any atom is 0.0616 e. The first-order valence-corrected chi connectivity index (χ1v) is 3.21. The second kappa shape index (κ2) is 5.03. The van der Waals surface area contributed by atoms with E-state index in [1.54, 1.807) is 0 Å². The van der Waals surface area contributed by atoms with Crippen molar-refractivity contribution in [3.8, 4) is 0 Å². The summed E-state index contributed by atoms with van der Waals surface area (Å²) in [6.07, 6.45) is 1.16. The minimum absolute atomic E-state index is 0. The molecule has 1 fully saturated rings. The molecule has 1 rings (SSSR count). The fourth-order valence-electron chi connectivity index (χ4n) is 0.842. The average molecular weight is 152 g/mol. The predicted octanol–water partition coefficient (Wildman–Crippen LogP) is 0.807. The molecular formula is C6H14ClNO. The van der Waals surface area contributed by atoms with Gasteiger partial charge in [-0.3, -0.25) is 0 Å². The lowest BCUT2D eigenvalue weighted by Gasteiger charge is -2.05. The Hall–Kier alpha value is 0.210. The summed E-state index contributed by atoms with van der Waals surface area (Å²) >= 11 is 0. The molecule has 1 aliphatic heterocycles. The zero-order valence-electron chi connectivity index (χ0n) is 5.72. The Kier molecular flexibility index (Phi) is 5.15. The molecule has 0 radical (unpaired) electrons. The van der Waals surface area contributed by atoms with Gasteiger partial charge in [-0.05, 0) is 19.9 Å². The smallest absolute Gasteiger partial charge is 0.0616 e. The predicted molar refractivity (Wildman–Crippen MR) is 40.1 cm³/mol. The first kappa shape index (κ1) is 9.21. The number of rotatable bonds is 0. The third-order valence-corrected chi connectivity index (χ3v) is 1.33. The Labute approximate surface area is 62.4 Å². The average Bonchev–Trinajstić information content (AvgIpc) is 1.94. The number of hydrogen-bond donors (Lipinski definition) is 1. The molecule has 1 aliphatic rings. The minimum atomic E-state index is 0. The third-order valence-electron chi connectivity index (χ3n) is 1.33. The lowest BCUT2D eigenvalue weighted by atomic mass is 10.3. The molecule has 0 aromatic heterocycles. The van der Waals surface area contributed by atoms with E-state index in [1.165, 1.54) is 0 Å². The van der Waals surface area contributed by atoms with E-state index >= 15 is 0 Å². The summed E-state index contributed by atoms with van der Waals surface area (Å²) < 4.78 is 5.24. The van der Waals surface area contributed by atoms with Crippen LogP contribution in [0.1, 0.15) is 13.3 Å². The first-order chi connectivity index (χ1) is 3.89. The lowest BCUT2D eigenvalue weighted by Crippen LogP contribution is -2.27. The quantitative estimate of drug-likeness (QED) is 0.553. The lowest BCUT2D eigenvalue weighted by molar-refractivity contribution is 0.135. The van der Waals surface area contributed by atoms with Crippen molar-refractivity contribution in [1.82, 2.24) is 5.32 Å². The van der Waals surface area contributed by atoms with Gasteiger partial charge in [-0.2, -0.15) is 0 Å². The fourth-order valence-corrected chi connectivity index (χ4v) is 0.842. The van der Waals surface area contributed by atoms with Crippen molar-refractivity contribution in [2.45, 2.75) is 19.4 Å². The Morgan fingerprint density at radius 1 is 1.56 bits per heavy atom. The standard InChI is InChI=1S/C6H13NO.ClH/c1-6-5-8-4-2-3-7-6;/h6-7H,2-5H2,1H3;1H/t6-;/m1./s1. The maximum absolute atomic E-state index is 5.24. The number of hydrogen-bond acceptors (Lipinski definition) is 2. The van der Waals surface area contributed by atoms with Gasteiger partial charge in [-0.25, -0.2) is 0 Å². The van der Waals surface area contributed by atoms with E-state index in [2.05, 4.69) is 12.2 Å². The molecular weight excluding hydrogens is 138 g/mol. The Balaban J connectivity index is 0.000000640. The SMILES string of the molecule is C[C@@H]1COCCCN1.Cl. The summed E-state index contributed by atoms with van der Waals surface area (Å²) in [4.78, 5) is 0. The molecule has 1 atom stereocenters. The number of halogens is 1. The Bertz CT molecular complexity index is 62.1. The van der Waals surface area contributed by atoms with Crippen LogP contribution in [0, 0.1) is 0 Å². The monoisotopic (exact) mass is 151 g/mol. The van der Waals surface area contributed by atoms with Gasteiger partial charge in [0, 0.05) is 12.6 Å². The Morgan fingerprint density at radius 2 is 2.33 bits per heavy atom. The number of ether oxygens (including phenoxy) is 1. The van der Waals surface area contributed by atoms with Crippen LogP contribution in [0.4, 0.5) is 0 Å². The summed E-state index contributed by atoms with van der Waals surface area (Å²) in [5.74, 6) is 0. The van der Waals surface area contributed by atoms with E-state index in [1.807, 2.05) is 0 Å². The topological polar surface area (TPSA) is 21.3 Å². The normalized spacial score (nSPS) is 28.3. The van der Waals surface area contributed by atoms with Crippen LogP contribution in [-0.2, 0) is 4.74 Å². The molecule has 0 unspecified atom stereocenters. The van der Waals surface area contributed by atoms with E-state index in [0.29, 0.717) is 6.04 Å². The van der Waals surface area contributed by atoms with Gasteiger partial charge in [0.05, 0.1) is 6.61 Å². The maximum atomic E-state index is 5.24. The molecule has 0 spiro atoms. The minimum Gasteiger partial charge on any atom is -0.380 e. The Morgan fingerprint density at radius 3 is 3.11 bits per heavy atom. The molecule has 0 aromatic carbocycles. The summed E-state index contributed by atoms with van der Waals surface area (Å²) in [7, 11) is 0. The van der Waals surface area contributed by atoms with Crippen molar-refractivity contribution in [2.75, 3.05) is 19.8 Å². The summed E-state index contributed by atoms with van der Waals surface area (Å²) in [6.45, 7) is 5.06. The van der Waals surface area contributed by atoms with E-state index in [9.17, 15) is 0 Å². The van der Waals surface area contributed by atoms with E-state index in [4.69, 9.17) is 4.74 Å². The first-order valence-electron chi connectivity index (χ1n) is 3.21. The highest BCUT2D eigenvalue weighted by Crippen LogP contribution is 1.91. The molecule has 0 aromatic rings. The molecule has 56 valence electrons. The van der Waals surface area contributed by atoms with Crippen molar-refractivity contribution >= 4 is 12.4 Å². The van der Waals surface area contributed by atoms with Crippen LogP contribution >= 0.6 is 12.4 Å². The highest BCUT2D eigenvalue weighted by Gasteiger charge is 2.03. The molecule has 0 amide bonds. The second-order valence-corrected chi connectivity index (χ2v) is 2.28. The van der Waals surface area contributed by atoms with Crippen LogP contribution in [-0.4, -0.2) is 25.8 Å².